The maximum atomic E-state index is 6.10. The first-order valence-corrected chi connectivity index (χ1v) is 5.67. The SMILES string of the molecule is CC(C)c1nc2n(c1N)C=CC(C)(C)C=C2. The number of rotatable bonds is 1. The summed E-state index contributed by atoms with van der Waals surface area (Å²) in [7, 11) is 0. The van der Waals surface area contributed by atoms with Crippen LogP contribution in [0.15, 0.2) is 12.2 Å². The summed E-state index contributed by atoms with van der Waals surface area (Å²) in [5.74, 6) is 2.03. The van der Waals surface area contributed by atoms with E-state index in [0.29, 0.717) is 5.92 Å². The third-order valence-corrected chi connectivity index (χ3v) is 2.87. The van der Waals surface area contributed by atoms with Crippen LogP contribution >= 0.6 is 0 Å². The summed E-state index contributed by atoms with van der Waals surface area (Å²) in [4.78, 5) is 4.58. The molecule has 0 saturated heterocycles. The zero-order chi connectivity index (χ0) is 11.9. The van der Waals surface area contributed by atoms with Gasteiger partial charge in [-0.15, -0.1) is 0 Å². The molecule has 3 nitrogen and oxygen atoms in total. The van der Waals surface area contributed by atoms with E-state index in [1.807, 2.05) is 16.8 Å². The molecular formula is C13H19N3. The second-order valence-corrected chi connectivity index (χ2v) is 5.24. The van der Waals surface area contributed by atoms with Crippen LogP contribution in [-0.4, -0.2) is 9.55 Å². The van der Waals surface area contributed by atoms with Gasteiger partial charge in [0, 0.05) is 11.6 Å². The Morgan fingerprint density at radius 1 is 1.31 bits per heavy atom. The Balaban J connectivity index is 2.54. The van der Waals surface area contributed by atoms with Gasteiger partial charge in [0.1, 0.15) is 11.6 Å². The molecule has 0 bridgehead atoms. The van der Waals surface area contributed by atoms with Crippen molar-refractivity contribution in [2.45, 2.75) is 33.6 Å². The Morgan fingerprint density at radius 3 is 2.62 bits per heavy atom. The first-order chi connectivity index (χ1) is 7.41. The van der Waals surface area contributed by atoms with Gasteiger partial charge in [-0.25, -0.2) is 4.98 Å². The van der Waals surface area contributed by atoms with Crippen LogP contribution in [0, 0.1) is 5.41 Å². The fourth-order valence-electron chi connectivity index (χ4n) is 1.79. The number of hydrogen-bond acceptors (Lipinski definition) is 2. The highest BCUT2D eigenvalue weighted by molar-refractivity contribution is 5.59. The van der Waals surface area contributed by atoms with E-state index in [2.05, 4.69) is 44.8 Å². The van der Waals surface area contributed by atoms with Crippen molar-refractivity contribution >= 4 is 18.1 Å². The molecule has 0 aromatic carbocycles. The van der Waals surface area contributed by atoms with Crippen LogP contribution in [0.4, 0.5) is 5.82 Å². The number of nitrogens with two attached hydrogens (primary N) is 1. The van der Waals surface area contributed by atoms with Gasteiger partial charge in [-0.1, -0.05) is 39.8 Å². The Morgan fingerprint density at radius 2 is 2.00 bits per heavy atom. The normalized spacial score (nSPS) is 17.6. The standard InChI is InChI=1S/C13H19N3/c1-9(2)11-12(14)16-8-7-13(3,4)6-5-10(16)15-11/h5-9H,14H2,1-4H3. The molecule has 1 aromatic heterocycles. The predicted molar refractivity (Wildman–Crippen MR) is 68.9 cm³/mol. The smallest absolute Gasteiger partial charge is 0.138 e. The van der Waals surface area contributed by atoms with Crippen LogP contribution < -0.4 is 5.73 Å². The molecule has 3 heteroatoms. The molecule has 2 rings (SSSR count). The molecule has 1 aliphatic heterocycles. The van der Waals surface area contributed by atoms with Crippen molar-refractivity contribution in [2.75, 3.05) is 5.73 Å². The number of nitrogens with zero attached hydrogens (tertiary/aromatic N) is 2. The molecule has 2 N–H and O–H groups in total. The number of anilines is 1. The Kier molecular flexibility index (Phi) is 2.41. The molecule has 86 valence electrons. The van der Waals surface area contributed by atoms with Crippen molar-refractivity contribution in [3.8, 4) is 0 Å². The van der Waals surface area contributed by atoms with Gasteiger partial charge >= 0.3 is 0 Å². The Bertz CT molecular complexity index is 462. The molecule has 0 atom stereocenters. The van der Waals surface area contributed by atoms with E-state index >= 15 is 0 Å². The minimum Gasteiger partial charge on any atom is -0.383 e. The van der Waals surface area contributed by atoms with Gasteiger partial charge in [-0.05, 0) is 12.0 Å². The maximum absolute atomic E-state index is 6.10. The molecule has 0 amide bonds. The summed E-state index contributed by atoms with van der Waals surface area (Å²) in [6.45, 7) is 8.53. The zero-order valence-corrected chi connectivity index (χ0v) is 10.4. The maximum Gasteiger partial charge on any atom is 0.138 e. The second kappa shape index (κ2) is 3.51. The molecule has 0 fully saturated rings. The highest BCUT2D eigenvalue weighted by Gasteiger charge is 2.18. The topological polar surface area (TPSA) is 43.8 Å². The van der Waals surface area contributed by atoms with E-state index in [9.17, 15) is 0 Å². The van der Waals surface area contributed by atoms with Crippen molar-refractivity contribution in [2.24, 2.45) is 5.41 Å². The van der Waals surface area contributed by atoms with Crippen LogP contribution in [0.2, 0.25) is 0 Å². The summed E-state index contributed by atoms with van der Waals surface area (Å²) in [5.41, 5.74) is 7.13. The van der Waals surface area contributed by atoms with E-state index in [-0.39, 0.29) is 5.41 Å². The summed E-state index contributed by atoms with van der Waals surface area (Å²) < 4.78 is 1.96. The van der Waals surface area contributed by atoms with Crippen LogP contribution in [0.5, 0.6) is 0 Å². The van der Waals surface area contributed by atoms with E-state index in [1.54, 1.807) is 0 Å². The molecule has 2 heterocycles. The van der Waals surface area contributed by atoms with Gasteiger partial charge in [0.15, 0.2) is 0 Å². The lowest BCUT2D eigenvalue weighted by Gasteiger charge is -2.12. The minimum absolute atomic E-state index is 0.0606. The number of hydrogen-bond donors (Lipinski definition) is 1. The quantitative estimate of drug-likeness (QED) is 0.785. The second-order valence-electron chi connectivity index (χ2n) is 5.24. The number of fused-ring (bicyclic) bond motifs is 1. The van der Waals surface area contributed by atoms with Gasteiger partial charge in [0.2, 0.25) is 0 Å². The lowest BCUT2D eigenvalue weighted by Crippen LogP contribution is -2.02. The minimum atomic E-state index is 0.0606. The molecule has 0 unspecified atom stereocenters. The lowest BCUT2D eigenvalue weighted by molar-refractivity contribution is 0.632. The molecule has 0 aliphatic carbocycles. The van der Waals surface area contributed by atoms with Crippen LogP contribution in [0.1, 0.15) is 45.1 Å². The van der Waals surface area contributed by atoms with E-state index < -0.39 is 0 Å². The van der Waals surface area contributed by atoms with Gasteiger partial charge in [-0.2, -0.15) is 0 Å². The Hall–Kier alpha value is -1.51. The number of imidazole rings is 1. The lowest BCUT2D eigenvalue weighted by atomic mass is 9.93. The first-order valence-electron chi connectivity index (χ1n) is 5.67. The van der Waals surface area contributed by atoms with Gasteiger partial charge in [0.05, 0.1) is 5.69 Å². The van der Waals surface area contributed by atoms with Gasteiger partial charge in [-0.3, -0.25) is 4.57 Å². The average molecular weight is 217 g/mol. The van der Waals surface area contributed by atoms with Crippen molar-refractivity contribution in [1.29, 1.82) is 0 Å². The summed E-state index contributed by atoms with van der Waals surface area (Å²) >= 11 is 0. The molecule has 1 aromatic rings. The summed E-state index contributed by atoms with van der Waals surface area (Å²) in [6.07, 6.45) is 8.35. The molecule has 0 saturated carbocycles. The largest absolute Gasteiger partial charge is 0.383 e. The highest BCUT2D eigenvalue weighted by Crippen LogP contribution is 2.29. The molecule has 0 radical (unpaired) electrons. The van der Waals surface area contributed by atoms with Crippen molar-refractivity contribution < 1.29 is 0 Å². The fraction of sp³-hybridized carbons (Fsp3) is 0.462. The average Bonchev–Trinajstić information content (AvgIpc) is 2.41. The van der Waals surface area contributed by atoms with Crippen molar-refractivity contribution in [3.63, 3.8) is 0 Å². The fourth-order valence-corrected chi connectivity index (χ4v) is 1.79. The van der Waals surface area contributed by atoms with Crippen LogP contribution in [0.3, 0.4) is 0 Å². The third kappa shape index (κ3) is 1.77. The Labute approximate surface area is 96.7 Å². The van der Waals surface area contributed by atoms with Crippen LogP contribution in [-0.2, 0) is 0 Å². The molecule has 0 spiro atoms. The number of allylic oxidation sites excluding steroid dienone is 2. The number of nitrogen functional groups attached to an aromatic ring is 1. The highest BCUT2D eigenvalue weighted by atomic mass is 15.1. The first kappa shape index (κ1) is 11.0. The predicted octanol–water partition coefficient (Wildman–Crippen LogP) is 3.11. The summed E-state index contributed by atoms with van der Waals surface area (Å²) in [5, 5.41) is 0. The van der Waals surface area contributed by atoms with Crippen molar-refractivity contribution in [1.82, 2.24) is 9.55 Å². The molecular weight excluding hydrogens is 198 g/mol. The monoisotopic (exact) mass is 217 g/mol. The van der Waals surface area contributed by atoms with Gasteiger partial charge < -0.3 is 5.73 Å². The van der Waals surface area contributed by atoms with E-state index in [1.165, 1.54) is 0 Å². The van der Waals surface area contributed by atoms with Crippen LogP contribution in [0.25, 0.3) is 12.3 Å². The molecule has 16 heavy (non-hydrogen) atoms. The summed E-state index contributed by atoms with van der Waals surface area (Å²) in [6, 6.07) is 0. The van der Waals surface area contributed by atoms with E-state index in [4.69, 9.17) is 5.73 Å². The molecule has 1 aliphatic rings. The van der Waals surface area contributed by atoms with E-state index in [0.717, 1.165) is 17.3 Å². The van der Waals surface area contributed by atoms with Crippen molar-refractivity contribution in [3.05, 3.63) is 23.7 Å². The van der Waals surface area contributed by atoms with Gasteiger partial charge in [0.25, 0.3) is 0 Å². The number of aromatic nitrogens is 2. The third-order valence-electron chi connectivity index (χ3n) is 2.87. The zero-order valence-electron chi connectivity index (χ0n) is 10.4.